The van der Waals surface area contributed by atoms with E-state index in [1.54, 1.807) is 5.56 Å². The Kier molecular flexibility index (Phi) is 24.2. The van der Waals surface area contributed by atoms with Gasteiger partial charge >= 0.3 is 0 Å². The van der Waals surface area contributed by atoms with Gasteiger partial charge < -0.3 is 9.80 Å². The summed E-state index contributed by atoms with van der Waals surface area (Å²) in [5.74, 6) is 0.189. The topological polar surface area (TPSA) is 40.6 Å². The molecule has 454 valence electrons. The molecule has 1 aliphatic carbocycles. The Bertz CT molecular complexity index is 3240. The Hall–Kier alpha value is -5.74. The number of benzene rings is 6. The van der Waals surface area contributed by atoms with E-state index >= 15 is 4.79 Å². The summed E-state index contributed by atoms with van der Waals surface area (Å²) in [6, 6.07) is 41.0. The molecule has 0 N–H and O–H groups in total. The number of aryl methyl sites for hydroxylation is 2. The second kappa shape index (κ2) is 32.3. The average molecular weight is 1140 g/mol. The molecule has 0 aromatic heterocycles. The van der Waals surface area contributed by atoms with Crippen LogP contribution in [0.2, 0.25) is 0 Å². The van der Waals surface area contributed by atoms with Crippen molar-refractivity contribution in [2.75, 3.05) is 22.9 Å². The van der Waals surface area contributed by atoms with Crippen molar-refractivity contribution in [2.24, 2.45) is 0 Å². The molecular formula is C81H108N2O2. The Morgan fingerprint density at radius 1 is 0.318 bits per heavy atom. The van der Waals surface area contributed by atoms with Gasteiger partial charge in [-0.3, -0.25) is 9.59 Å². The van der Waals surface area contributed by atoms with Crippen LogP contribution in [-0.2, 0) is 15.0 Å². The van der Waals surface area contributed by atoms with Crippen molar-refractivity contribution in [1.29, 1.82) is 0 Å². The van der Waals surface area contributed by atoms with E-state index in [9.17, 15) is 4.79 Å². The summed E-state index contributed by atoms with van der Waals surface area (Å²) in [6.07, 6.45) is 43.1. The van der Waals surface area contributed by atoms with Gasteiger partial charge in [0.1, 0.15) is 0 Å². The molecule has 0 unspecified atom stereocenters. The summed E-state index contributed by atoms with van der Waals surface area (Å²) in [4.78, 5) is 34.6. The summed E-state index contributed by atoms with van der Waals surface area (Å²) in [7, 11) is 0. The smallest absolute Gasteiger partial charge is 0.259 e. The Balaban J connectivity index is 1.05. The monoisotopic (exact) mass is 1140 g/mol. The molecule has 4 heteroatoms. The number of carbonyl (C=O) groups is 2. The lowest BCUT2D eigenvalue weighted by atomic mass is 9.70. The van der Waals surface area contributed by atoms with E-state index in [-0.39, 0.29) is 17.2 Å². The zero-order valence-electron chi connectivity index (χ0n) is 54.1. The second-order valence-electron chi connectivity index (χ2n) is 26.4. The SMILES string of the molecule is CCCCCCCCCCCCN1C(=O)C(c2ccc(C)cc2)=c2ccc3c4c(ccc3c21)=C(c1ccc(-c2ccc3c(c2)C(CCCCCCCC)(CCCCCCCC)c2cc(C)ccc2-3)cc1)C(=O)N4CCCCCCCCCCCC. The van der Waals surface area contributed by atoms with Gasteiger partial charge in [-0.25, -0.2) is 0 Å². The van der Waals surface area contributed by atoms with Gasteiger partial charge in [-0.1, -0.05) is 335 Å². The molecule has 0 saturated heterocycles. The van der Waals surface area contributed by atoms with Gasteiger partial charge in [0.25, 0.3) is 11.8 Å². The minimum Gasteiger partial charge on any atom is -0.307 e. The van der Waals surface area contributed by atoms with E-state index in [4.69, 9.17) is 0 Å². The van der Waals surface area contributed by atoms with Gasteiger partial charge in [-0.15, -0.1) is 0 Å². The third-order valence-corrected chi connectivity index (χ3v) is 19.9. The van der Waals surface area contributed by atoms with Crippen molar-refractivity contribution in [3.8, 4) is 22.3 Å². The molecule has 0 fully saturated rings. The van der Waals surface area contributed by atoms with E-state index in [1.807, 2.05) is 0 Å². The van der Waals surface area contributed by atoms with E-state index in [0.717, 1.165) is 80.5 Å². The fourth-order valence-electron chi connectivity index (χ4n) is 15.0. The van der Waals surface area contributed by atoms with Crippen LogP contribution in [0.5, 0.6) is 0 Å². The first-order valence-corrected chi connectivity index (χ1v) is 35.2. The molecule has 4 nitrogen and oxygen atoms in total. The van der Waals surface area contributed by atoms with E-state index < -0.39 is 0 Å². The van der Waals surface area contributed by atoms with E-state index in [1.165, 1.54) is 232 Å². The predicted octanol–water partition coefficient (Wildman–Crippen LogP) is 21.8. The number of hydrogen-bond donors (Lipinski definition) is 0. The van der Waals surface area contributed by atoms with Gasteiger partial charge in [-0.05, 0) is 90.1 Å². The first kappa shape index (κ1) is 63.8. The van der Waals surface area contributed by atoms with Gasteiger partial charge in [-0.2, -0.15) is 0 Å². The van der Waals surface area contributed by atoms with Crippen LogP contribution < -0.4 is 20.2 Å². The minimum atomic E-state index is 0.0100. The summed E-state index contributed by atoms with van der Waals surface area (Å²) < 4.78 is 0. The first-order valence-electron chi connectivity index (χ1n) is 35.2. The molecule has 0 bridgehead atoms. The fraction of sp³-hybridized carbons (Fsp3) is 0.531. The standard InChI is InChI=1S/C81H108N2O2/c1-7-11-15-19-23-25-27-29-33-37-57-82-77-69-52-54-72-76(80(85)83(58-38-34-30-28-26-24-20-16-12-8-2)78(72)70(69)51-53-71(77)75(79(82)84)64-42-39-61(5)40-43-64)65-46-44-63(45-47-65)66-48-50-68-67-49-41-62(6)59-73(67)81(74(68)60-66,55-35-31-21-17-13-9-3)56-36-32-22-18-14-10-4/h39-54,59-60H,7-38,55-58H2,1-6H3. The van der Waals surface area contributed by atoms with Crippen LogP contribution in [0.25, 0.3) is 44.2 Å². The quantitative estimate of drug-likeness (QED) is 0.0361. The molecule has 6 aromatic rings. The van der Waals surface area contributed by atoms with Crippen LogP contribution in [0.15, 0.2) is 109 Å². The second-order valence-corrected chi connectivity index (χ2v) is 26.4. The number of carbonyl (C=O) groups excluding carboxylic acids is 2. The lowest BCUT2D eigenvalue weighted by Gasteiger charge is -2.33. The Morgan fingerprint density at radius 2 is 0.647 bits per heavy atom. The molecule has 0 atom stereocenters. The van der Waals surface area contributed by atoms with E-state index in [2.05, 4.69) is 161 Å². The zero-order valence-corrected chi connectivity index (χ0v) is 54.1. The highest BCUT2D eigenvalue weighted by molar-refractivity contribution is 6.34. The maximum absolute atomic E-state index is 15.5. The van der Waals surface area contributed by atoms with Crippen LogP contribution in [0, 0.1) is 13.8 Å². The lowest BCUT2D eigenvalue weighted by Crippen LogP contribution is -2.30. The summed E-state index contributed by atoms with van der Waals surface area (Å²) in [6.45, 7) is 15.0. The van der Waals surface area contributed by atoms with Crippen molar-refractivity contribution in [3.05, 3.63) is 153 Å². The average Bonchev–Trinajstić information content (AvgIpc) is 3.19. The molecule has 9 rings (SSSR count). The molecule has 0 spiro atoms. The van der Waals surface area contributed by atoms with Crippen LogP contribution >= 0.6 is 0 Å². The lowest BCUT2D eigenvalue weighted by molar-refractivity contribution is -0.113. The third kappa shape index (κ3) is 15.3. The van der Waals surface area contributed by atoms with Crippen molar-refractivity contribution < 1.29 is 9.59 Å². The van der Waals surface area contributed by atoms with Crippen molar-refractivity contribution in [2.45, 2.75) is 265 Å². The number of anilines is 2. The molecule has 2 heterocycles. The molecule has 85 heavy (non-hydrogen) atoms. The number of nitrogens with zero attached hydrogens (tertiary/aromatic N) is 2. The Morgan fingerprint density at radius 3 is 1.07 bits per heavy atom. The van der Waals surface area contributed by atoms with Crippen molar-refractivity contribution in [1.82, 2.24) is 0 Å². The molecule has 2 amide bonds. The number of hydrogen-bond acceptors (Lipinski definition) is 2. The number of fused-ring (bicyclic) bond motifs is 8. The summed E-state index contributed by atoms with van der Waals surface area (Å²) >= 11 is 0. The predicted molar refractivity (Wildman–Crippen MR) is 367 cm³/mol. The summed E-state index contributed by atoms with van der Waals surface area (Å²) in [5.41, 5.74) is 16.5. The fourth-order valence-corrected chi connectivity index (χ4v) is 15.0. The first-order chi connectivity index (χ1) is 41.7. The summed E-state index contributed by atoms with van der Waals surface area (Å²) in [5, 5.41) is 4.14. The number of rotatable bonds is 39. The van der Waals surface area contributed by atoms with Gasteiger partial charge in [0.05, 0.1) is 22.5 Å². The van der Waals surface area contributed by atoms with Gasteiger partial charge in [0, 0.05) is 39.7 Å². The molecule has 6 aromatic carbocycles. The molecular weight excluding hydrogens is 1030 g/mol. The van der Waals surface area contributed by atoms with Crippen molar-refractivity contribution >= 4 is 45.1 Å². The van der Waals surface area contributed by atoms with Gasteiger partial charge in [0.2, 0.25) is 0 Å². The van der Waals surface area contributed by atoms with E-state index in [0.29, 0.717) is 13.1 Å². The van der Waals surface area contributed by atoms with Crippen molar-refractivity contribution in [3.63, 3.8) is 0 Å². The molecule has 0 radical (unpaired) electrons. The van der Waals surface area contributed by atoms with Crippen LogP contribution in [0.1, 0.15) is 279 Å². The molecule has 2 aliphatic heterocycles. The Labute approximate surface area is 515 Å². The number of unbranched alkanes of at least 4 members (excludes halogenated alkanes) is 28. The van der Waals surface area contributed by atoms with Gasteiger partial charge in [0.15, 0.2) is 0 Å². The highest BCUT2D eigenvalue weighted by Gasteiger charge is 2.43. The highest BCUT2D eigenvalue weighted by Crippen LogP contribution is 2.55. The largest absolute Gasteiger partial charge is 0.307 e. The minimum absolute atomic E-state index is 0.0100. The maximum atomic E-state index is 15.5. The molecule has 0 saturated carbocycles. The highest BCUT2D eigenvalue weighted by atomic mass is 16.2. The number of amides is 2. The van der Waals surface area contributed by atoms with Crippen LogP contribution in [-0.4, -0.2) is 24.9 Å². The normalized spacial score (nSPS) is 14.1. The zero-order chi connectivity index (χ0) is 59.4. The molecule has 3 aliphatic rings. The van der Waals surface area contributed by atoms with Crippen LogP contribution in [0.3, 0.4) is 0 Å². The van der Waals surface area contributed by atoms with Crippen LogP contribution in [0.4, 0.5) is 11.4 Å². The maximum Gasteiger partial charge on any atom is 0.259 e. The third-order valence-electron chi connectivity index (χ3n) is 19.9.